The van der Waals surface area contributed by atoms with Crippen LogP contribution in [0.25, 0.3) is 11.4 Å². The van der Waals surface area contributed by atoms with Crippen LogP contribution in [0.5, 0.6) is 11.5 Å². The number of carbonyl (C=O) groups is 1. The van der Waals surface area contributed by atoms with E-state index >= 15 is 0 Å². The van der Waals surface area contributed by atoms with Crippen LogP contribution in [0.4, 0.5) is 5.69 Å². The summed E-state index contributed by atoms with van der Waals surface area (Å²) >= 11 is 0. The number of rotatable bonds is 7. The van der Waals surface area contributed by atoms with E-state index in [4.69, 9.17) is 9.47 Å². The molecule has 4 aromatic rings. The van der Waals surface area contributed by atoms with E-state index in [0.29, 0.717) is 46.6 Å². The fourth-order valence-corrected chi connectivity index (χ4v) is 3.12. The molecule has 1 heterocycles. The van der Waals surface area contributed by atoms with Crippen molar-refractivity contribution in [2.75, 3.05) is 12.4 Å². The molecule has 0 radical (unpaired) electrons. The van der Waals surface area contributed by atoms with Crippen molar-refractivity contribution in [3.05, 3.63) is 89.7 Å². The van der Waals surface area contributed by atoms with Gasteiger partial charge < -0.3 is 14.8 Å². The molecule has 156 valence electrons. The van der Waals surface area contributed by atoms with Crippen molar-refractivity contribution in [2.24, 2.45) is 0 Å². The van der Waals surface area contributed by atoms with Crippen molar-refractivity contribution in [1.29, 1.82) is 0 Å². The van der Waals surface area contributed by atoms with Gasteiger partial charge in [0.15, 0.2) is 17.3 Å². The molecule has 1 amide bonds. The zero-order valence-electron chi connectivity index (χ0n) is 17.3. The molecule has 3 aromatic carbocycles. The zero-order chi connectivity index (χ0) is 21.6. The second-order valence-corrected chi connectivity index (χ2v) is 6.89. The van der Waals surface area contributed by atoms with Crippen LogP contribution in [0.15, 0.2) is 72.8 Å². The van der Waals surface area contributed by atoms with E-state index in [9.17, 15) is 4.79 Å². The number of H-pyrrole nitrogens is 1. The second kappa shape index (κ2) is 9.13. The maximum absolute atomic E-state index is 13.2. The normalized spacial score (nSPS) is 10.5. The standard InChI is InChI=1S/C24H22N4O3/c1-16-25-23(28-27-16)19-13-21(30-2)22(31-15-17-9-5-3-6-10-17)14-20(19)24(29)26-18-11-7-4-8-12-18/h3-14H,15H2,1-2H3,(H,26,29)(H,25,27,28). The second-order valence-electron chi connectivity index (χ2n) is 6.89. The molecule has 0 atom stereocenters. The maximum atomic E-state index is 13.2. The van der Waals surface area contributed by atoms with Gasteiger partial charge in [0.25, 0.3) is 5.91 Å². The Kier molecular flexibility index (Phi) is 5.93. The van der Waals surface area contributed by atoms with Crippen molar-refractivity contribution in [2.45, 2.75) is 13.5 Å². The molecule has 4 rings (SSSR count). The van der Waals surface area contributed by atoms with E-state index in [0.717, 1.165) is 5.56 Å². The molecule has 7 nitrogen and oxygen atoms in total. The molecule has 0 fully saturated rings. The SMILES string of the molecule is COc1cc(-c2n[nH]c(C)n2)c(C(=O)Nc2ccccc2)cc1OCc1ccccc1. The first kappa shape index (κ1) is 20.2. The highest BCUT2D eigenvalue weighted by Gasteiger charge is 2.21. The Labute approximate surface area is 180 Å². The molecule has 0 spiro atoms. The highest BCUT2D eigenvalue weighted by molar-refractivity contribution is 6.08. The number of amides is 1. The lowest BCUT2D eigenvalue weighted by atomic mass is 10.0. The van der Waals surface area contributed by atoms with E-state index in [1.54, 1.807) is 26.2 Å². The molecule has 0 bridgehead atoms. The maximum Gasteiger partial charge on any atom is 0.256 e. The number of para-hydroxylation sites is 1. The number of ether oxygens (including phenoxy) is 2. The summed E-state index contributed by atoms with van der Waals surface area (Å²) < 4.78 is 11.5. The first-order valence-electron chi connectivity index (χ1n) is 9.78. The molecule has 1 aromatic heterocycles. The Hall–Kier alpha value is -4.13. The van der Waals surface area contributed by atoms with Crippen LogP contribution in [-0.4, -0.2) is 28.2 Å². The molecule has 31 heavy (non-hydrogen) atoms. The quantitative estimate of drug-likeness (QED) is 0.461. The predicted molar refractivity (Wildman–Crippen MR) is 118 cm³/mol. The van der Waals surface area contributed by atoms with E-state index in [1.807, 2.05) is 60.7 Å². The number of hydrogen-bond acceptors (Lipinski definition) is 5. The topological polar surface area (TPSA) is 89.1 Å². The van der Waals surface area contributed by atoms with Crippen LogP contribution in [0.3, 0.4) is 0 Å². The van der Waals surface area contributed by atoms with Gasteiger partial charge >= 0.3 is 0 Å². The molecule has 0 unspecified atom stereocenters. The molecule has 2 N–H and O–H groups in total. The van der Waals surface area contributed by atoms with Crippen LogP contribution >= 0.6 is 0 Å². The minimum absolute atomic E-state index is 0.295. The number of aryl methyl sites for hydroxylation is 1. The third kappa shape index (κ3) is 4.72. The number of anilines is 1. The summed E-state index contributed by atoms with van der Waals surface area (Å²) in [6.45, 7) is 2.14. The number of methoxy groups -OCH3 is 1. The number of benzene rings is 3. The van der Waals surface area contributed by atoms with Gasteiger partial charge in [-0.25, -0.2) is 4.98 Å². The van der Waals surface area contributed by atoms with Gasteiger partial charge in [0.2, 0.25) is 0 Å². The Balaban J connectivity index is 1.72. The summed E-state index contributed by atoms with van der Waals surface area (Å²) in [7, 11) is 1.56. The van der Waals surface area contributed by atoms with Crippen molar-refractivity contribution < 1.29 is 14.3 Å². The van der Waals surface area contributed by atoms with Crippen molar-refractivity contribution >= 4 is 11.6 Å². The van der Waals surface area contributed by atoms with Gasteiger partial charge in [-0.3, -0.25) is 9.89 Å². The summed E-state index contributed by atoms with van der Waals surface area (Å²) in [4.78, 5) is 17.6. The summed E-state index contributed by atoms with van der Waals surface area (Å²) in [5.74, 6) is 1.71. The lowest BCUT2D eigenvalue weighted by Crippen LogP contribution is -2.14. The van der Waals surface area contributed by atoms with E-state index < -0.39 is 0 Å². The number of aromatic nitrogens is 3. The summed E-state index contributed by atoms with van der Waals surface area (Å²) in [6.07, 6.45) is 0. The predicted octanol–water partition coefficient (Wildman–Crippen LogP) is 4.62. The van der Waals surface area contributed by atoms with Crippen LogP contribution < -0.4 is 14.8 Å². The van der Waals surface area contributed by atoms with Gasteiger partial charge in [0.1, 0.15) is 12.4 Å². The molecule has 0 aliphatic heterocycles. The Morgan fingerprint density at radius 2 is 1.71 bits per heavy atom. The molecule has 0 aliphatic carbocycles. The third-order valence-corrected chi connectivity index (χ3v) is 4.66. The highest BCUT2D eigenvalue weighted by Crippen LogP contribution is 2.35. The van der Waals surface area contributed by atoms with Crippen molar-refractivity contribution in [1.82, 2.24) is 15.2 Å². The molecule has 0 aliphatic rings. The molecule has 0 saturated heterocycles. The van der Waals surface area contributed by atoms with Crippen LogP contribution in [0.1, 0.15) is 21.7 Å². The largest absolute Gasteiger partial charge is 0.493 e. The van der Waals surface area contributed by atoms with Crippen molar-refractivity contribution in [3.8, 4) is 22.9 Å². The Morgan fingerprint density at radius 3 is 2.35 bits per heavy atom. The first-order chi connectivity index (χ1) is 15.1. The lowest BCUT2D eigenvalue weighted by Gasteiger charge is -2.15. The number of hydrogen-bond donors (Lipinski definition) is 2. The highest BCUT2D eigenvalue weighted by atomic mass is 16.5. The number of nitrogens with zero attached hydrogens (tertiary/aromatic N) is 2. The minimum Gasteiger partial charge on any atom is -0.493 e. The Bertz CT molecular complexity index is 1170. The third-order valence-electron chi connectivity index (χ3n) is 4.66. The van der Waals surface area contributed by atoms with E-state index in [2.05, 4.69) is 20.5 Å². The van der Waals surface area contributed by atoms with Crippen LogP contribution in [-0.2, 0) is 6.61 Å². The average molecular weight is 414 g/mol. The average Bonchev–Trinajstić information content (AvgIpc) is 3.24. The number of nitrogens with one attached hydrogen (secondary N) is 2. The molecule has 7 heteroatoms. The van der Waals surface area contributed by atoms with Gasteiger partial charge in [-0.2, -0.15) is 5.10 Å². The van der Waals surface area contributed by atoms with Gasteiger partial charge in [-0.1, -0.05) is 48.5 Å². The Morgan fingerprint density at radius 1 is 1.00 bits per heavy atom. The lowest BCUT2D eigenvalue weighted by molar-refractivity contribution is 0.102. The molecular weight excluding hydrogens is 392 g/mol. The number of aromatic amines is 1. The fourth-order valence-electron chi connectivity index (χ4n) is 3.12. The van der Waals surface area contributed by atoms with E-state index in [1.165, 1.54) is 0 Å². The van der Waals surface area contributed by atoms with Gasteiger partial charge in [0.05, 0.1) is 12.7 Å². The fraction of sp³-hybridized carbons (Fsp3) is 0.125. The zero-order valence-corrected chi connectivity index (χ0v) is 17.3. The first-order valence-corrected chi connectivity index (χ1v) is 9.78. The van der Waals surface area contributed by atoms with Gasteiger partial charge in [0, 0.05) is 11.3 Å². The van der Waals surface area contributed by atoms with Gasteiger partial charge in [-0.05, 0) is 36.8 Å². The summed E-state index contributed by atoms with van der Waals surface area (Å²) in [6, 6.07) is 22.4. The monoisotopic (exact) mass is 414 g/mol. The van der Waals surface area contributed by atoms with Crippen LogP contribution in [0, 0.1) is 6.92 Å². The summed E-state index contributed by atoms with van der Waals surface area (Å²) in [5, 5.41) is 9.95. The minimum atomic E-state index is -0.295. The molecule has 0 saturated carbocycles. The van der Waals surface area contributed by atoms with Gasteiger partial charge in [-0.15, -0.1) is 0 Å². The number of carbonyl (C=O) groups excluding carboxylic acids is 1. The summed E-state index contributed by atoms with van der Waals surface area (Å²) in [5.41, 5.74) is 2.62. The molecular formula is C24H22N4O3. The smallest absolute Gasteiger partial charge is 0.256 e. The van der Waals surface area contributed by atoms with Crippen LogP contribution in [0.2, 0.25) is 0 Å². The van der Waals surface area contributed by atoms with Crippen molar-refractivity contribution in [3.63, 3.8) is 0 Å². The van der Waals surface area contributed by atoms with E-state index in [-0.39, 0.29) is 5.91 Å².